The Morgan fingerprint density at radius 2 is 2.08 bits per heavy atom. The van der Waals surface area contributed by atoms with Gasteiger partial charge in [-0.3, -0.25) is 4.79 Å². The fraction of sp³-hybridized carbons (Fsp3) is 0.412. The molecule has 2 fully saturated rings. The van der Waals surface area contributed by atoms with Gasteiger partial charge in [0.15, 0.2) is 5.82 Å². The van der Waals surface area contributed by atoms with E-state index in [1.807, 2.05) is 11.8 Å². The van der Waals surface area contributed by atoms with E-state index in [0.29, 0.717) is 12.2 Å². The summed E-state index contributed by atoms with van der Waals surface area (Å²) < 4.78 is 16.8. The predicted octanol–water partition coefficient (Wildman–Crippen LogP) is 1.71. The van der Waals surface area contributed by atoms with Crippen LogP contribution in [0.15, 0.2) is 23.1 Å². The fourth-order valence-corrected chi connectivity index (χ4v) is 3.37. The number of hydrogen-bond donors (Lipinski definition) is 2. The van der Waals surface area contributed by atoms with Gasteiger partial charge < -0.3 is 20.3 Å². The Kier molecular flexibility index (Phi) is 3.18. The number of pyridine rings is 1. The molecular weight excluding hydrogens is 313 g/mol. The van der Waals surface area contributed by atoms with E-state index in [-0.39, 0.29) is 34.6 Å². The van der Waals surface area contributed by atoms with Gasteiger partial charge in [-0.15, -0.1) is 0 Å². The van der Waals surface area contributed by atoms with Crippen LogP contribution in [0.25, 0.3) is 10.9 Å². The van der Waals surface area contributed by atoms with E-state index in [0.717, 1.165) is 12.8 Å². The summed E-state index contributed by atoms with van der Waals surface area (Å²) in [7, 11) is 0. The Balaban J connectivity index is 1.98. The molecule has 1 aromatic carbocycles. The molecule has 1 aromatic heterocycles. The van der Waals surface area contributed by atoms with E-state index >= 15 is 4.39 Å². The van der Waals surface area contributed by atoms with Gasteiger partial charge in [-0.1, -0.05) is 0 Å². The number of anilines is 1. The second-order valence-corrected chi connectivity index (χ2v) is 6.67. The Morgan fingerprint density at radius 1 is 1.38 bits per heavy atom. The van der Waals surface area contributed by atoms with Crippen molar-refractivity contribution in [3.63, 3.8) is 0 Å². The lowest BCUT2D eigenvalue weighted by Crippen LogP contribution is -2.63. The van der Waals surface area contributed by atoms with Crippen LogP contribution >= 0.6 is 0 Å². The summed E-state index contributed by atoms with van der Waals surface area (Å²) >= 11 is 0. The maximum Gasteiger partial charge on any atom is 0.341 e. The number of nitrogens with two attached hydrogens (primary N) is 1. The number of rotatable bonds is 3. The highest BCUT2D eigenvalue weighted by atomic mass is 19.1. The molecule has 1 aliphatic carbocycles. The van der Waals surface area contributed by atoms with Crippen LogP contribution in [-0.2, 0) is 0 Å². The molecule has 0 radical (unpaired) electrons. The van der Waals surface area contributed by atoms with Crippen molar-refractivity contribution in [3.05, 3.63) is 39.9 Å². The van der Waals surface area contributed by atoms with E-state index in [2.05, 4.69) is 0 Å². The molecule has 7 heteroatoms. The lowest BCUT2D eigenvalue weighted by atomic mass is 9.97. The van der Waals surface area contributed by atoms with E-state index in [4.69, 9.17) is 5.73 Å². The van der Waals surface area contributed by atoms with Crippen molar-refractivity contribution in [3.8, 4) is 0 Å². The van der Waals surface area contributed by atoms with Crippen LogP contribution in [0, 0.1) is 5.82 Å². The topological polar surface area (TPSA) is 88.6 Å². The number of aromatic nitrogens is 1. The monoisotopic (exact) mass is 331 g/mol. The smallest absolute Gasteiger partial charge is 0.341 e. The van der Waals surface area contributed by atoms with Crippen molar-refractivity contribution in [1.82, 2.24) is 4.57 Å². The number of halogens is 1. The highest BCUT2D eigenvalue weighted by Crippen LogP contribution is 2.39. The highest BCUT2D eigenvalue weighted by molar-refractivity contribution is 5.94. The van der Waals surface area contributed by atoms with Crippen molar-refractivity contribution in [1.29, 1.82) is 0 Å². The average molecular weight is 331 g/mol. The molecular formula is C17H18FN3O3. The van der Waals surface area contributed by atoms with Gasteiger partial charge in [-0.25, -0.2) is 9.18 Å². The van der Waals surface area contributed by atoms with Crippen LogP contribution in [0.4, 0.5) is 10.1 Å². The quantitative estimate of drug-likeness (QED) is 0.894. The number of nitrogens with zero attached hydrogens (tertiary/aromatic N) is 2. The van der Waals surface area contributed by atoms with Gasteiger partial charge in [0.05, 0.1) is 11.2 Å². The third kappa shape index (κ3) is 2.04. The molecule has 4 rings (SSSR count). The number of fused-ring (bicyclic) bond motifs is 1. The molecule has 0 spiro atoms. The van der Waals surface area contributed by atoms with Crippen LogP contribution in [0.1, 0.15) is 36.2 Å². The number of hydrogen-bond acceptors (Lipinski definition) is 4. The molecule has 1 saturated heterocycles. The first-order chi connectivity index (χ1) is 11.4. The summed E-state index contributed by atoms with van der Waals surface area (Å²) in [5.41, 5.74) is 5.53. The first kappa shape index (κ1) is 15.1. The van der Waals surface area contributed by atoms with Crippen LogP contribution in [0.3, 0.4) is 0 Å². The number of benzene rings is 1. The molecule has 0 unspecified atom stereocenters. The van der Waals surface area contributed by atoms with Crippen LogP contribution in [0.2, 0.25) is 0 Å². The normalized spacial score (nSPS) is 23.4. The second kappa shape index (κ2) is 5.04. The molecule has 24 heavy (non-hydrogen) atoms. The summed E-state index contributed by atoms with van der Waals surface area (Å²) in [4.78, 5) is 25.6. The predicted molar refractivity (Wildman–Crippen MR) is 88.2 cm³/mol. The lowest BCUT2D eigenvalue weighted by molar-refractivity contribution is 0.0695. The number of carboxylic acids is 1. The maximum atomic E-state index is 15.2. The van der Waals surface area contributed by atoms with Crippen LogP contribution in [0.5, 0.6) is 0 Å². The molecule has 0 amide bonds. The van der Waals surface area contributed by atoms with E-state index in [9.17, 15) is 14.7 Å². The molecule has 1 saturated carbocycles. The van der Waals surface area contributed by atoms with E-state index in [1.165, 1.54) is 12.3 Å². The zero-order valence-corrected chi connectivity index (χ0v) is 13.2. The minimum atomic E-state index is -1.29. The first-order valence-corrected chi connectivity index (χ1v) is 8.03. The zero-order valence-electron chi connectivity index (χ0n) is 13.2. The summed E-state index contributed by atoms with van der Waals surface area (Å²) in [6.07, 6.45) is 2.99. The van der Waals surface area contributed by atoms with Crippen LogP contribution < -0.4 is 16.1 Å². The zero-order chi connectivity index (χ0) is 17.2. The second-order valence-electron chi connectivity index (χ2n) is 6.67. The Bertz CT molecular complexity index is 919. The summed E-state index contributed by atoms with van der Waals surface area (Å²) in [6, 6.07) is 3.14. The summed E-state index contributed by atoms with van der Waals surface area (Å²) in [5.74, 6) is -1.77. The molecule has 2 atom stereocenters. The Hall–Kier alpha value is -2.41. The Labute approximate surface area is 137 Å². The van der Waals surface area contributed by atoms with Crippen molar-refractivity contribution >= 4 is 22.6 Å². The summed E-state index contributed by atoms with van der Waals surface area (Å²) in [6.45, 7) is 2.49. The van der Waals surface area contributed by atoms with Crippen molar-refractivity contribution in [2.75, 3.05) is 11.4 Å². The molecule has 3 N–H and O–H groups in total. The third-order valence-electron chi connectivity index (χ3n) is 5.11. The molecule has 2 aliphatic rings. The highest BCUT2D eigenvalue weighted by Gasteiger charge is 2.35. The SMILES string of the molecule is C[C@H]1[C@H](N)CN1c1ccc2c(=O)c(C(=O)O)cn(C3CC3)c2c1F. The van der Waals surface area contributed by atoms with Gasteiger partial charge >= 0.3 is 5.97 Å². The van der Waals surface area contributed by atoms with Gasteiger partial charge in [0, 0.05) is 36.3 Å². The Morgan fingerprint density at radius 3 is 2.62 bits per heavy atom. The van der Waals surface area contributed by atoms with Crippen LogP contribution in [-0.4, -0.2) is 34.3 Å². The molecule has 126 valence electrons. The fourth-order valence-electron chi connectivity index (χ4n) is 3.37. The van der Waals surface area contributed by atoms with Gasteiger partial charge in [0.2, 0.25) is 5.43 Å². The number of carbonyl (C=O) groups is 1. The third-order valence-corrected chi connectivity index (χ3v) is 5.11. The van der Waals surface area contributed by atoms with Crippen molar-refractivity contribution < 1.29 is 14.3 Å². The molecule has 6 nitrogen and oxygen atoms in total. The minimum absolute atomic E-state index is 0.000100. The van der Waals surface area contributed by atoms with Gasteiger partial charge in [0.1, 0.15) is 5.56 Å². The lowest BCUT2D eigenvalue weighted by Gasteiger charge is -2.46. The minimum Gasteiger partial charge on any atom is -0.477 e. The van der Waals surface area contributed by atoms with Crippen molar-refractivity contribution in [2.24, 2.45) is 5.73 Å². The van der Waals surface area contributed by atoms with Gasteiger partial charge in [0.25, 0.3) is 0 Å². The number of aromatic carboxylic acids is 1. The van der Waals surface area contributed by atoms with E-state index in [1.54, 1.807) is 10.6 Å². The van der Waals surface area contributed by atoms with Gasteiger partial charge in [-0.2, -0.15) is 0 Å². The summed E-state index contributed by atoms with van der Waals surface area (Å²) in [5, 5.41) is 9.36. The molecule has 2 heterocycles. The molecule has 1 aliphatic heterocycles. The molecule has 0 bridgehead atoms. The molecule has 2 aromatic rings. The maximum absolute atomic E-state index is 15.2. The largest absolute Gasteiger partial charge is 0.477 e. The van der Waals surface area contributed by atoms with Gasteiger partial charge in [-0.05, 0) is 31.9 Å². The first-order valence-electron chi connectivity index (χ1n) is 8.03. The average Bonchev–Trinajstić information content (AvgIpc) is 3.38. The number of carboxylic acid groups (broad SMARTS) is 1. The van der Waals surface area contributed by atoms with E-state index < -0.39 is 17.2 Å². The van der Waals surface area contributed by atoms with Crippen molar-refractivity contribution in [2.45, 2.75) is 37.9 Å². The standard InChI is InChI=1S/C17H18FN3O3/c1-8-12(19)7-20(8)13-5-4-10-15(14(13)18)21(9-2-3-9)6-11(16(10)22)17(23)24/h4-6,8-9,12H,2-3,7,19H2,1H3,(H,23,24)/t8-,12+/m0/s1.